The molecule has 0 fully saturated rings. The fourth-order valence-electron chi connectivity index (χ4n) is 2.98. The van der Waals surface area contributed by atoms with Gasteiger partial charge in [-0.1, -0.05) is 11.3 Å². The molecule has 0 radical (unpaired) electrons. The monoisotopic (exact) mass is 416 g/mol. The van der Waals surface area contributed by atoms with Gasteiger partial charge < -0.3 is 18.8 Å². The zero-order valence-electron chi connectivity index (χ0n) is 15.5. The Morgan fingerprint density at radius 1 is 1.17 bits per heavy atom. The van der Waals surface area contributed by atoms with Crippen LogP contribution in [-0.4, -0.2) is 36.8 Å². The van der Waals surface area contributed by atoms with Crippen LogP contribution in [0.1, 0.15) is 16.8 Å². The van der Waals surface area contributed by atoms with Gasteiger partial charge in [0, 0.05) is 12.1 Å². The molecule has 0 bridgehead atoms. The molecule has 2 aromatic carbocycles. The minimum absolute atomic E-state index is 0.102. The minimum Gasteiger partial charge on any atom is -0.486 e. The van der Waals surface area contributed by atoms with E-state index in [4.69, 9.17) is 14.2 Å². The van der Waals surface area contributed by atoms with E-state index in [1.807, 2.05) is 0 Å². The smallest absolute Gasteiger partial charge is 0.307 e. The number of hydrogen-bond acceptors (Lipinski definition) is 6. The summed E-state index contributed by atoms with van der Waals surface area (Å²) in [5, 5.41) is 0. The van der Waals surface area contributed by atoms with Crippen LogP contribution >= 0.6 is 11.3 Å². The maximum atomic E-state index is 13.6. The second kappa shape index (κ2) is 8.04. The van der Waals surface area contributed by atoms with E-state index in [1.165, 1.54) is 30.6 Å². The summed E-state index contributed by atoms with van der Waals surface area (Å²) in [6.45, 7) is 1.13. The molecule has 1 aliphatic rings. The molecule has 0 N–H and O–H groups in total. The summed E-state index contributed by atoms with van der Waals surface area (Å²) >= 11 is 1.18. The molecule has 0 atom stereocenters. The summed E-state index contributed by atoms with van der Waals surface area (Å²) < 4.78 is 31.6. The van der Waals surface area contributed by atoms with Crippen molar-refractivity contribution >= 4 is 33.4 Å². The van der Waals surface area contributed by atoms with E-state index < -0.39 is 5.91 Å². The molecular weight excluding hydrogens is 399 g/mol. The summed E-state index contributed by atoms with van der Waals surface area (Å²) in [5.41, 5.74) is 1.03. The first-order valence-electron chi connectivity index (χ1n) is 8.89. The van der Waals surface area contributed by atoms with Gasteiger partial charge in [-0.05, 0) is 36.4 Å². The first kappa shape index (κ1) is 19.1. The summed E-state index contributed by atoms with van der Waals surface area (Å²) in [5.74, 6) is -0.167. The minimum atomic E-state index is -0.471. The van der Waals surface area contributed by atoms with Crippen molar-refractivity contribution in [1.82, 2.24) is 4.57 Å². The van der Waals surface area contributed by atoms with Crippen LogP contribution in [0, 0.1) is 5.82 Å². The molecule has 0 spiro atoms. The lowest BCUT2D eigenvalue weighted by molar-refractivity contribution is -0.140. The number of aryl methyl sites for hydroxylation is 1. The van der Waals surface area contributed by atoms with Crippen molar-refractivity contribution in [3.05, 3.63) is 52.6 Å². The molecule has 1 aliphatic heterocycles. The zero-order valence-corrected chi connectivity index (χ0v) is 16.3. The standard InChI is InChI=1S/C20H17FN2O5S/c1-26-18(24)6-7-23-14-4-3-13(21)11-17(14)29-20(23)22-19(25)12-2-5-15-16(10-12)28-9-8-27-15/h2-5,10-11H,6-9H2,1H3. The fraction of sp³-hybridized carbons (Fsp3) is 0.250. The van der Waals surface area contributed by atoms with Crippen LogP contribution in [0.15, 0.2) is 41.4 Å². The number of benzene rings is 2. The number of methoxy groups -OCH3 is 1. The van der Waals surface area contributed by atoms with Crippen molar-refractivity contribution in [2.45, 2.75) is 13.0 Å². The molecule has 7 nitrogen and oxygen atoms in total. The van der Waals surface area contributed by atoms with Gasteiger partial charge in [0.05, 0.1) is 23.7 Å². The maximum Gasteiger partial charge on any atom is 0.307 e. The van der Waals surface area contributed by atoms with Crippen LogP contribution in [-0.2, 0) is 16.1 Å². The number of amides is 1. The SMILES string of the molecule is COC(=O)CCn1c(=NC(=O)c2ccc3c(c2)OCCO3)sc2cc(F)ccc21. The Labute approximate surface area is 169 Å². The van der Waals surface area contributed by atoms with Crippen molar-refractivity contribution in [2.75, 3.05) is 20.3 Å². The molecule has 0 saturated heterocycles. The van der Waals surface area contributed by atoms with Gasteiger partial charge in [0.1, 0.15) is 19.0 Å². The Balaban J connectivity index is 1.74. The number of rotatable bonds is 4. The molecule has 1 amide bonds. The van der Waals surface area contributed by atoms with E-state index >= 15 is 0 Å². The van der Waals surface area contributed by atoms with Gasteiger partial charge in [-0.25, -0.2) is 4.39 Å². The van der Waals surface area contributed by atoms with E-state index in [2.05, 4.69) is 4.99 Å². The average Bonchev–Trinajstić information content (AvgIpc) is 3.07. The largest absolute Gasteiger partial charge is 0.486 e. The van der Waals surface area contributed by atoms with Crippen LogP contribution in [0.25, 0.3) is 10.2 Å². The van der Waals surface area contributed by atoms with Gasteiger partial charge in [-0.2, -0.15) is 4.99 Å². The Morgan fingerprint density at radius 2 is 1.97 bits per heavy atom. The number of fused-ring (bicyclic) bond motifs is 2. The van der Waals surface area contributed by atoms with Gasteiger partial charge >= 0.3 is 5.97 Å². The first-order chi connectivity index (χ1) is 14.0. The Bertz CT molecular complexity index is 1170. The highest BCUT2D eigenvalue weighted by molar-refractivity contribution is 7.16. The average molecular weight is 416 g/mol. The third-order valence-corrected chi connectivity index (χ3v) is 5.44. The second-order valence-electron chi connectivity index (χ2n) is 6.25. The van der Waals surface area contributed by atoms with E-state index in [1.54, 1.807) is 28.8 Å². The highest BCUT2D eigenvalue weighted by Gasteiger charge is 2.16. The Hall–Kier alpha value is -3.20. The quantitative estimate of drug-likeness (QED) is 0.611. The number of esters is 1. The van der Waals surface area contributed by atoms with Crippen LogP contribution in [0.3, 0.4) is 0 Å². The summed E-state index contributed by atoms with van der Waals surface area (Å²) in [4.78, 5) is 28.9. The van der Waals surface area contributed by atoms with Gasteiger partial charge in [0.2, 0.25) is 0 Å². The number of hydrogen-bond donors (Lipinski definition) is 0. The van der Waals surface area contributed by atoms with Crippen LogP contribution in [0.2, 0.25) is 0 Å². The molecule has 4 rings (SSSR count). The van der Waals surface area contributed by atoms with Gasteiger partial charge in [-0.15, -0.1) is 0 Å². The van der Waals surface area contributed by atoms with E-state index in [0.717, 1.165) is 0 Å². The Morgan fingerprint density at radius 3 is 2.76 bits per heavy atom. The van der Waals surface area contributed by atoms with Crippen LogP contribution < -0.4 is 14.3 Å². The zero-order chi connectivity index (χ0) is 20.4. The topological polar surface area (TPSA) is 79.1 Å². The molecule has 2 heterocycles. The summed E-state index contributed by atoms with van der Waals surface area (Å²) in [6.07, 6.45) is 0.102. The predicted octanol–water partition coefficient (Wildman–Crippen LogP) is 2.92. The number of nitrogens with zero attached hydrogens (tertiary/aromatic N) is 2. The number of carbonyl (C=O) groups is 2. The van der Waals surface area contributed by atoms with Gasteiger partial charge in [0.15, 0.2) is 16.3 Å². The van der Waals surface area contributed by atoms with E-state index in [9.17, 15) is 14.0 Å². The highest BCUT2D eigenvalue weighted by atomic mass is 32.1. The van der Waals surface area contributed by atoms with Crippen molar-refractivity contribution in [1.29, 1.82) is 0 Å². The third kappa shape index (κ3) is 4.00. The van der Waals surface area contributed by atoms with Gasteiger partial charge in [-0.3, -0.25) is 9.59 Å². The number of aromatic nitrogens is 1. The number of carbonyl (C=O) groups excluding carboxylic acids is 2. The van der Waals surface area contributed by atoms with Gasteiger partial charge in [0.25, 0.3) is 5.91 Å². The molecular formula is C20H17FN2O5S. The lowest BCUT2D eigenvalue weighted by atomic mass is 10.2. The van der Waals surface area contributed by atoms with Crippen LogP contribution in [0.4, 0.5) is 4.39 Å². The van der Waals surface area contributed by atoms with Crippen molar-refractivity contribution in [3.8, 4) is 11.5 Å². The lowest BCUT2D eigenvalue weighted by Gasteiger charge is -2.18. The van der Waals surface area contributed by atoms with Crippen molar-refractivity contribution < 1.29 is 28.2 Å². The fourth-order valence-corrected chi connectivity index (χ4v) is 4.06. The molecule has 29 heavy (non-hydrogen) atoms. The molecule has 0 saturated carbocycles. The number of thiazole rings is 1. The summed E-state index contributed by atoms with van der Waals surface area (Å²) in [6, 6.07) is 9.18. The first-order valence-corrected chi connectivity index (χ1v) is 9.71. The molecule has 1 aromatic heterocycles. The normalized spacial score (nSPS) is 13.5. The van der Waals surface area contributed by atoms with Crippen molar-refractivity contribution in [2.24, 2.45) is 4.99 Å². The second-order valence-corrected chi connectivity index (χ2v) is 7.26. The third-order valence-electron chi connectivity index (χ3n) is 4.40. The van der Waals surface area contributed by atoms with Crippen LogP contribution in [0.5, 0.6) is 11.5 Å². The molecule has 0 aliphatic carbocycles. The van der Waals surface area contributed by atoms with Crippen molar-refractivity contribution in [3.63, 3.8) is 0 Å². The molecule has 0 unspecified atom stereocenters. The lowest BCUT2D eigenvalue weighted by Crippen LogP contribution is -2.19. The Kier molecular flexibility index (Phi) is 5.30. The maximum absolute atomic E-state index is 13.6. The summed E-state index contributed by atoms with van der Waals surface area (Å²) in [7, 11) is 1.31. The molecule has 9 heteroatoms. The highest BCUT2D eigenvalue weighted by Crippen LogP contribution is 2.31. The number of ether oxygens (including phenoxy) is 3. The number of halogens is 1. The predicted molar refractivity (Wildman–Crippen MR) is 104 cm³/mol. The van der Waals surface area contributed by atoms with E-state index in [0.29, 0.717) is 45.3 Å². The van der Waals surface area contributed by atoms with E-state index in [-0.39, 0.29) is 24.8 Å². The molecule has 150 valence electrons. The molecule has 3 aromatic rings.